The lowest BCUT2D eigenvalue weighted by molar-refractivity contribution is -0.109. The summed E-state index contributed by atoms with van der Waals surface area (Å²) < 4.78 is 11.2. The van der Waals surface area contributed by atoms with E-state index >= 15 is 0 Å². The van der Waals surface area contributed by atoms with E-state index in [9.17, 15) is 9.90 Å². The summed E-state index contributed by atoms with van der Waals surface area (Å²) >= 11 is 0. The van der Waals surface area contributed by atoms with Gasteiger partial charge < -0.3 is 14.3 Å². The van der Waals surface area contributed by atoms with Crippen LogP contribution in [0.4, 0.5) is 0 Å². The van der Waals surface area contributed by atoms with Crippen LogP contribution < -0.4 is 4.74 Å². The number of aromatic hydroxyl groups is 1. The molecule has 150 valence electrons. The molecule has 3 aromatic carbocycles. The molecule has 0 saturated carbocycles. The van der Waals surface area contributed by atoms with Crippen molar-refractivity contribution >= 4 is 23.5 Å². The quantitative estimate of drug-likeness (QED) is 0.422. The fourth-order valence-corrected chi connectivity index (χ4v) is 3.39. The van der Waals surface area contributed by atoms with E-state index in [0.29, 0.717) is 16.9 Å². The van der Waals surface area contributed by atoms with Gasteiger partial charge in [0.1, 0.15) is 17.2 Å². The maximum Gasteiger partial charge on any atom is 0.310 e. The van der Waals surface area contributed by atoms with Crippen LogP contribution >= 0.6 is 0 Å². The van der Waals surface area contributed by atoms with Crippen molar-refractivity contribution in [3.05, 3.63) is 102 Å². The molecule has 0 saturated heterocycles. The van der Waals surface area contributed by atoms with Gasteiger partial charge in [-0.2, -0.15) is 0 Å². The monoisotopic (exact) mass is 407 g/mol. The van der Waals surface area contributed by atoms with Crippen molar-refractivity contribution in [1.29, 1.82) is 0 Å². The number of fused-ring (bicyclic) bond motifs is 1. The molecule has 1 aliphatic rings. The molecule has 0 aliphatic heterocycles. The van der Waals surface area contributed by atoms with Gasteiger partial charge in [0.2, 0.25) is 5.89 Å². The number of rotatable bonds is 4. The van der Waals surface area contributed by atoms with Gasteiger partial charge >= 0.3 is 5.95 Å². The molecule has 5 rings (SSSR count). The average molecular weight is 407 g/mol. The number of hydrogen-bond acceptors (Lipinski definition) is 5. The number of ketones is 1. The summed E-state index contributed by atoms with van der Waals surface area (Å²) in [5, 5.41) is 10.3. The SMILES string of the molecule is O=C1C=Cc2ccccc2/C1=C\c1nc(-c2ccc(Oc3ccccc3)cc2)oc1O. The highest BCUT2D eigenvalue weighted by Gasteiger charge is 2.20. The number of ether oxygens (including phenoxy) is 1. The molecule has 5 nitrogen and oxygen atoms in total. The second kappa shape index (κ2) is 7.80. The molecular formula is C26H17NO4. The number of aromatic nitrogens is 1. The van der Waals surface area contributed by atoms with Crippen LogP contribution in [0, 0.1) is 0 Å². The summed E-state index contributed by atoms with van der Waals surface area (Å²) in [6, 6.07) is 24.2. The van der Waals surface area contributed by atoms with Crippen molar-refractivity contribution in [2.75, 3.05) is 0 Å². The lowest BCUT2D eigenvalue weighted by atomic mass is 9.91. The molecule has 1 N–H and O–H groups in total. The van der Waals surface area contributed by atoms with E-state index in [1.165, 1.54) is 6.08 Å². The molecule has 1 heterocycles. The second-order valence-electron chi connectivity index (χ2n) is 6.99. The van der Waals surface area contributed by atoms with Crippen molar-refractivity contribution < 1.29 is 19.1 Å². The highest BCUT2D eigenvalue weighted by atomic mass is 16.5. The molecule has 1 aromatic heterocycles. The normalized spacial score (nSPS) is 13.9. The highest BCUT2D eigenvalue weighted by molar-refractivity contribution is 6.33. The lowest BCUT2D eigenvalue weighted by Gasteiger charge is -2.12. The van der Waals surface area contributed by atoms with Crippen molar-refractivity contribution in [3.63, 3.8) is 0 Å². The first-order chi connectivity index (χ1) is 15.2. The van der Waals surface area contributed by atoms with Crippen LogP contribution in [0.25, 0.3) is 29.2 Å². The third kappa shape index (κ3) is 3.76. The Labute approximate surface area is 178 Å². The van der Waals surface area contributed by atoms with E-state index in [4.69, 9.17) is 9.15 Å². The van der Waals surface area contributed by atoms with E-state index in [1.807, 2.05) is 54.6 Å². The summed E-state index contributed by atoms with van der Waals surface area (Å²) in [6.07, 6.45) is 4.85. The summed E-state index contributed by atoms with van der Waals surface area (Å²) in [7, 11) is 0. The standard InChI is InChI=1S/C26H17NO4/c28-24-15-12-17-6-4-5-9-21(17)22(24)16-23-26(29)31-25(27-23)18-10-13-20(14-11-18)30-19-7-2-1-3-8-19/h1-16,29H/b22-16+. The van der Waals surface area contributed by atoms with Gasteiger partial charge in [-0.05, 0) is 59.7 Å². The molecule has 0 atom stereocenters. The predicted molar refractivity (Wildman–Crippen MR) is 118 cm³/mol. The van der Waals surface area contributed by atoms with Gasteiger partial charge in [-0.1, -0.05) is 48.5 Å². The van der Waals surface area contributed by atoms with Crippen molar-refractivity contribution in [2.45, 2.75) is 0 Å². The molecule has 5 heteroatoms. The van der Waals surface area contributed by atoms with E-state index in [0.717, 1.165) is 16.9 Å². The smallest absolute Gasteiger partial charge is 0.310 e. The highest BCUT2D eigenvalue weighted by Crippen LogP contribution is 2.33. The lowest BCUT2D eigenvalue weighted by Crippen LogP contribution is -2.04. The number of hydrogen-bond donors (Lipinski definition) is 1. The molecule has 0 radical (unpaired) electrons. The Hall–Kier alpha value is -4.38. The summed E-state index contributed by atoms with van der Waals surface area (Å²) in [5.41, 5.74) is 3.07. The van der Waals surface area contributed by atoms with E-state index in [2.05, 4.69) is 4.98 Å². The van der Waals surface area contributed by atoms with E-state index in [1.54, 1.807) is 36.4 Å². The first-order valence-corrected chi connectivity index (χ1v) is 9.74. The fourth-order valence-electron chi connectivity index (χ4n) is 3.39. The number of carbonyl (C=O) groups is 1. The van der Waals surface area contributed by atoms with Gasteiger partial charge in [-0.3, -0.25) is 4.79 Å². The Morgan fingerprint density at radius 3 is 2.35 bits per heavy atom. The van der Waals surface area contributed by atoms with Crippen LogP contribution in [0.15, 0.2) is 89.4 Å². The molecule has 31 heavy (non-hydrogen) atoms. The van der Waals surface area contributed by atoms with Crippen molar-refractivity contribution in [1.82, 2.24) is 4.98 Å². The zero-order chi connectivity index (χ0) is 21.2. The van der Waals surface area contributed by atoms with Crippen LogP contribution in [-0.2, 0) is 4.79 Å². The number of nitrogens with zero attached hydrogens (tertiary/aromatic N) is 1. The Kier molecular flexibility index (Phi) is 4.69. The molecule has 0 bridgehead atoms. The van der Waals surface area contributed by atoms with Crippen LogP contribution in [0.1, 0.15) is 16.8 Å². The molecule has 0 amide bonds. The Balaban J connectivity index is 1.43. The van der Waals surface area contributed by atoms with Gasteiger partial charge in [0, 0.05) is 11.1 Å². The first-order valence-electron chi connectivity index (χ1n) is 9.74. The number of allylic oxidation sites excluding steroid dienone is 2. The largest absolute Gasteiger partial charge is 0.479 e. The minimum atomic E-state index is -0.341. The molecular weight excluding hydrogens is 390 g/mol. The van der Waals surface area contributed by atoms with Crippen LogP contribution in [-0.4, -0.2) is 15.9 Å². The van der Waals surface area contributed by atoms with Gasteiger partial charge in [0.05, 0.1) is 0 Å². The minimum Gasteiger partial charge on any atom is -0.479 e. The zero-order valence-corrected chi connectivity index (χ0v) is 16.4. The number of para-hydroxylation sites is 1. The maximum atomic E-state index is 12.4. The van der Waals surface area contributed by atoms with Crippen molar-refractivity contribution in [3.8, 4) is 28.9 Å². The Morgan fingerprint density at radius 1 is 0.839 bits per heavy atom. The summed E-state index contributed by atoms with van der Waals surface area (Å²) in [6.45, 7) is 0. The van der Waals surface area contributed by atoms with E-state index < -0.39 is 0 Å². The molecule has 0 fully saturated rings. The van der Waals surface area contributed by atoms with Gasteiger partial charge in [-0.15, -0.1) is 0 Å². The predicted octanol–water partition coefficient (Wildman–Crippen LogP) is 5.98. The van der Waals surface area contributed by atoms with Gasteiger partial charge in [-0.25, -0.2) is 4.98 Å². The minimum absolute atomic E-state index is 0.148. The summed E-state index contributed by atoms with van der Waals surface area (Å²) in [4.78, 5) is 16.8. The Bertz CT molecular complexity index is 1320. The number of carbonyl (C=O) groups excluding carboxylic acids is 1. The molecule has 0 unspecified atom stereocenters. The topological polar surface area (TPSA) is 72.6 Å². The number of oxazole rings is 1. The third-order valence-corrected chi connectivity index (χ3v) is 4.93. The average Bonchev–Trinajstić information content (AvgIpc) is 3.17. The second-order valence-corrected chi connectivity index (χ2v) is 6.99. The number of benzene rings is 3. The van der Waals surface area contributed by atoms with Crippen LogP contribution in [0.3, 0.4) is 0 Å². The third-order valence-electron chi connectivity index (χ3n) is 4.93. The maximum absolute atomic E-state index is 12.4. The fraction of sp³-hybridized carbons (Fsp3) is 0. The first kappa shape index (κ1) is 18.6. The van der Waals surface area contributed by atoms with Crippen LogP contribution in [0.5, 0.6) is 17.4 Å². The zero-order valence-electron chi connectivity index (χ0n) is 16.4. The molecule has 1 aliphatic carbocycles. The van der Waals surface area contributed by atoms with E-state index in [-0.39, 0.29) is 23.3 Å². The van der Waals surface area contributed by atoms with Crippen LogP contribution in [0.2, 0.25) is 0 Å². The Morgan fingerprint density at radius 2 is 1.55 bits per heavy atom. The van der Waals surface area contributed by atoms with Crippen molar-refractivity contribution in [2.24, 2.45) is 0 Å². The van der Waals surface area contributed by atoms with Gasteiger partial charge in [0.25, 0.3) is 0 Å². The summed E-state index contributed by atoms with van der Waals surface area (Å²) in [5.74, 6) is 1.17. The molecule has 0 spiro atoms. The molecule has 4 aromatic rings. The van der Waals surface area contributed by atoms with Gasteiger partial charge in [0.15, 0.2) is 5.78 Å².